The second-order valence-corrected chi connectivity index (χ2v) is 5.30. The maximum atomic E-state index is 10.7. The Morgan fingerprint density at radius 1 is 1.29 bits per heavy atom. The highest BCUT2D eigenvalue weighted by molar-refractivity contribution is 9.10. The van der Waals surface area contributed by atoms with Crippen LogP contribution in [0.3, 0.4) is 0 Å². The largest absolute Gasteiger partial charge is 0.388 e. The van der Waals surface area contributed by atoms with E-state index in [9.17, 15) is 10.1 Å². The summed E-state index contributed by atoms with van der Waals surface area (Å²) < 4.78 is 0.991. The maximum absolute atomic E-state index is 10.7. The normalized spacial score (nSPS) is 12.3. The molecule has 0 aliphatic rings. The van der Waals surface area contributed by atoms with Gasteiger partial charge in [0.15, 0.2) is 0 Å². The molecule has 0 unspecified atom stereocenters. The van der Waals surface area contributed by atoms with Gasteiger partial charge in [0, 0.05) is 22.2 Å². The molecular formula is C15H13BrN2O3. The van der Waals surface area contributed by atoms with Gasteiger partial charge < -0.3 is 4.84 Å². The molecule has 21 heavy (non-hydrogen) atoms. The first-order valence-electron chi connectivity index (χ1n) is 6.25. The number of benzene rings is 2. The lowest BCUT2D eigenvalue weighted by molar-refractivity contribution is -0.385. The standard InChI is InChI=1S/C15H13BrN2O3/c1-11(13-3-2-4-15(9-13)18(19)20)21-17-10-12-5-7-14(16)8-6-12/h2-11H,1H3/b17-10-/t11-/m1/s1. The third kappa shape index (κ3) is 4.39. The zero-order valence-electron chi connectivity index (χ0n) is 11.3. The second-order valence-electron chi connectivity index (χ2n) is 4.39. The quantitative estimate of drug-likeness (QED) is 0.454. The van der Waals surface area contributed by atoms with E-state index in [1.54, 1.807) is 25.3 Å². The molecule has 5 nitrogen and oxygen atoms in total. The molecule has 1 atom stereocenters. The van der Waals surface area contributed by atoms with Crippen molar-refractivity contribution in [1.29, 1.82) is 0 Å². The van der Waals surface area contributed by atoms with Crippen molar-refractivity contribution in [3.8, 4) is 0 Å². The summed E-state index contributed by atoms with van der Waals surface area (Å²) in [6.45, 7) is 1.79. The fraction of sp³-hybridized carbons (Fsp3) is 0.133. The Morgan fingerprint density at radius 2 is 2.00 bits per heavy atom. The average molecular weight is 349 g/mol. The summed E-state index contributed by atoms with van der Waals surface area (Å²) in [6, 6.07) is 13.9. The zero-order chi connectivity index (χ0) is 15.2. The second kappa shape index (κ2) is 6.99. The van der Waals surface area contributed by atoms with Gasteiger partial charge in [-0.1, -0.05) is 45.4 Å². The Morgan fingerprint density at radius 3 is 2.67 bits per heavy atom. The van der Waals surface area contributed by atoms with Crippen LogP contribution in [0.15, 0.2) is 58.2 Å². The molecule has 6 heteroatoms. The number of nitro benzene ring substituents is 1. The molecule has 0 aliphatic heterocycles. The number of halogens is 1. The van der Waals surface area contributed by atoms with E-state index in [-0.39, 0.29) is 11.8 Å². The first kappa shape index (κ1) is 15.2. The van der Waals surface area contributed by atoms with Gasteiger partial charge in [0.2, 0.25) is 0 Å². The van der Waals surface area contributed by atoms with Crippen LogP contribution >= 0.6 is 15.9 Å². The van der Waals surface area contributed by atoms with Gasteiger partial charge in [0.05, 0.1) is 11.1 Å². The van der Waals surface area contributed by atoms with E-state index in [0.717, 1.165) is 10.0 Å². The van der Waals surface area contributed by atoms with Crippen LogP contribution in [0.1, 0.15) is 24.2 Å². The molecule has 0 N–H and O–H groups in total. The van der Waals surface area contributed by atoms with Crippen molar-refractivity contribution in [3.63, 3.8) is 0 Å². The highest BCUT2D eigenvalue weighted by atomic mass is 79.9. The molecular weight excluding hydrogens is 336 g/mol. The van der Waals surface area contributed by atoms with Crippen LogP contribution in [0, 0.1) is 10.1 Å². The molecule has 0 aliphatic carbocycles. The van der Waals surface area contributed by atoms with Gasteiger partial charge in [-0.15, -0.1) is 0 Å². The summed E-state index contributed by atoms with van der Waals surface area (Å²) in [5.41, 5.74) is 1.65. The summed E-state index contributed by atoms with van der Waals surface area (Å²) in [4.78, 5) is 15.6. The van der Waals surface area contributed by atoms with Crippen LogP contribution in [0.4, 0.5) is 5.69 Å². The van der Waals surface area contributed by atoms with Crippen molar-refractivity contribution in [1.82, 2.24) is 0 Å². The topological polar surface area (TPSA) is 64.7 Å². The van der Waals surface area contributed by atoms with Gasteiger partial charge in [0.25, 0.3) is 5.69 Å². The van der Waals surface area contributed by atoms with Gasteiger partial charge >= 0.3 is 0 Å². The third-order valence-electron chi connectivity index (χ3n) is 2.84. The highest BCUT2D eigenvalue weighted by Crippen LogP contribution is 2.21. The molecule has 0 saturated carbocycles. The van der Waals surface area contributed by atoms with Crippen molar-refractivity contribution in [2.45, 2.75) is 13.0 Å². The Hall–Kier alpha value is -2.21. The maximum Gasteiger partial charge on any atom is 0.269 e. The molecule has 0 amide bonds. The van der Waals surface area contributed by atoms with Crippen molar-refractivity contribution in [3.05, 3.63) is 74.2 Å². The van der Waals surface area contributed by atoms with E-state index in [1.165, 1.54) is 12.1 Å². The molecule has 2 aromatic carbocycles. The van der Waals surface area contributed by atoms with Gasteiger partial charge in [-0.25, -0.2) is 0 Å². The monoisotopic (exact) mass is 348 g/mol. The first-order chi connectivity index (χ1) is 10.1. The molecule has 0 heterocycles. The molecule has 2 aromatic rings. The minimum atomic E-state index is -0.429. The molecule has 0 bridgehead atoms. The smallest absolute Gasteiger partial charge is 0.269 e. The lowest BCUT2D eigenvalue weighted by atomic mass is 10.1. The van der Waals surface area contributed by atoms with E-state index >= 15 is 0 Å². The Kier molecular flexibility index (Phi) is 5.05. The summed E-state index contributed by atoms with van der Waals surface area (Å²) in [7, 11) is 0. The van der Waals surface area contributed by atoms with Gasteiger partial charge in [-0.2, -0.15) is 0 Å². The van der Waals surface area contributed by atoms with Crippen LogP contribution in [0.2, 0.25) is 0 Å². The van der Waals surface area contributed by atoms with Crippen LogP contribution in [0.5, 0.6) is 0 Å². The van der Waals surface area contributed by atoms with Gasteiger partial charge in [0.1, 0.15) is 6.10 Å². The fourth-order valence-electron chi connectivity index (χ4n) is 1.68. The molecule has 2 rings (SSSR count). The molecule has 0 spiro atoms. The van der Waals surface area contributed by atoms with E-state index in [1.807, 2.05) is 24.3 Å². The van der Waals surface area contributed by atoms with Crippen molar-refractivity contribution in [2.24, 2.45) is 5.16 Å². The minimum Gasteiger partial charge on any atom is -0.388 e. The van der Waals surface area contributed by atoms with Crippen LogP contribution in [-0.4, -0.2) is 11.1 Å². The molecule has 0 saturated heterocycles. The van der Waals surface area contributed by atoms with Crippen LogP contribution in [-0.2, 0) is 4.84 Å². The predicted molar refractivity (Wildman–Crippen MR) is 84.3 cm³/mol. The van der Waals surface area contributed by atoms with E-state index in [2.05, 4.69) is 21.1 Å². The number of rotatable bonds is 5. The molecule has 0 radical (unpaired) electrons. The SMILES string of the molecule is C[C@@H](O/N=C\c1ccc(Br)cc1)c1cccc([N+](=O)[O-])c1. The summed E-state index contributed by atoms with van der Waals surface area (Å²) >= 11 is 3.36. The molecule has 0 fully saturated rings. The van der Waals surface area contributed by atoms with Gasteiger partial charge in [-0.05, 0) is 24.6 Å². The minimum absolute atomic E-state index is 0.0415. The summed E-state index contributed by atoms with van der Waals surface area (Å²) in [5, 5.41) is 14.6. The average Bonchev–Trinajstić information content (AvgIpc) is 2.49. The summed E-state index contributed by atoms with van der Waals surface area (Å²) in [6.07, 6.45) is 1.23. The van der Waals surface area contributed by atoms with Crippen LogP contribution in [0.25, 0.3) is 0 Å². The Labute approximate surface area is 130 Å². The lowest BCUT2D eigenvalue weighted by Gasteiger charge is -2.09. The highest BCUT2D eigenvalue weighted by Gasteiger charge is 2.11. The number of nitro groups is 1. The molecule has 108 valence electrons. The van der Waals surface area contributed by atoms with Gasteiger partial charge in [-0.3, -0.25) is 10.1 Å². The van der Waals surface area contributed by atoms with E-state index < -0.39 is 4.92 Å². The number of oxime groups is 1. The van der Waals surface area contributed by atoms with Crippen molar-refractivity contribution in [2.75, 3.05) is 0 Å². The lowest BCUT2D eigenvalue weighted by Crippen LogP contribution is -1.97. The number of hydrogen-bond donors (Lipinski definition) is 0. The van der Waals surface area contributed by atoms with Crippen molar-refractivity contribution < 1.29 is 9.76 Å². The van der Waals surface area contributed by atoms with E-state index in [4.69, 9.17) is 4.84 Å². The third-order valence-corrected chi connectivity index (χ3v) is 3.37. The molecule has 0 aromatic heterocycles. The summed E-state index contributed by atoms with van der Waals surface area (Å²) in [5.74, 6) is 0. The predicted octanol–water partition coefficient (Wildman–Crippen LogP) is 4.47. The number of non-ortho nitro benzene ring substituents is 1. The zero-order valence-corrected chi connectivity index (χ0v) is 12.9. The van der Waals surface area contributed by atoms with Crippen LogP contribution < -0.4 is 0 Å². The number of hydrogen-bond acceptors (Lipinski definition) is 4. The Balaban J connectivity index is 2.01. The van der Waals surface area contributed by atoms with Crippen molar-refractivity contribution >= 4 is 27.8 Å². The van der Waals surface area contributed by atoms with E-state index in [0.29, 0.717) is 5.56 Å². The fourth-order valence-corrected chi connectivity index (χ4v) is 1.95. The number of nitrogens with zero attached hydrogens (tertiary/aromatic N) is 2. The Bertz CT molecular complexity index is 656. The first-order valence-corrected chi connectivity index (χ1v) is 7.04.